The van der Waals surface area contributed by atoms with Crippen molar-refractivity contribution in [1.29, 1.82) is 0 Å². The minimum Gasteiger partial charge on any atom is -0.343 e. The normalized spacial score (nSPS) is 14.5. The van der Waals surface area contributed by atoms with E-state index in [2.05, 4.69) is 29.2 Å². The molecule has 4 rings (SSSR count). The average Bonchev–Trinajstić information content (AvgIpc) is 3.31. The molecule has 1 aromatic heterocycles. The van der Waals surface area contributed by atoms with Crippen LogP contribution in [0.3, 0.4) is 0 Å². The number of likely N-dealkylation sites (tertiary alicyclic amines) is 1. The number of carbonyl (C=O) groups is 2. The van der Waals surface area contributed by atoms with Gasteiger partial charge in [0.25, 0.3) is 0 Å². The number of aromatic nitrogens is 1. The molecule has 2 heterocycles. The van der Waals surface area contributed by atoms with E-state index in [4.69, 9.17) is 0 Å². The SMILES string of the molecule is CC(=O)N1CCC(C(=O)N(Cc2nccs2)c2cccc(-c3ccccc3)c2)CC1. The Hall–Kier alpha value is -2.99. The second kappa shape index (κ2) is 9.22. The third-order valence-corrected chi connectivity index (χ3v) is 6.36. The van der Waals surface area contributed by atoms with E-state index in [-0.39, 0.29) is 17.7 Å². The van der Waals surface area contributed by atoms with E-state index in [0.29, 0.717) is 32.5 Å². The van der Waals surface area contributed by atoms with Gasteiger partial charge in [0.2, 0.25) is 11.8 Å². The van der Waals surface area contributed by atoms with Crippen molar-refractivity contribution < 1.29 is 9.59 Å². The Kier molecular flexibility index (Phi) is 6.23. The summed E-state index contributed by atoms with van der Waals surface area (Å²) in [4.78, 5) is 33.3. The lowest BCUT2D eigenvalue weighted by atomic mass is 9.94. The van der Waals surface area contributed by atoms with Crippen LogP contribution < -0.4 is 4.90 Å². The van der Waals surface area contributed by atoms with Gasteiger partial charge in [0.1, 0.15) is 5.01 Å². The lowest BCUT2D eigenvalue weighted by molar-refractivity contribution is -0.133. The number of nitrogens with zero attached hydrogens (tertiary/aromatic N) is 3. The van der Waals surface area contributed by atoms with Gasteiger partial charge in [0.15, 0.2) is 0 Å². The van der Waals surface area contributed by atoms with Crippen LogP contribution in [0.15, 0.2) is 66.2 Å². The molecule has 1 fully saturated rings. The summed E-state index contributed by atoms with van der Waals surface area (Å²) in [6.07, 6.45) is 3.17. The fourth-order valence-corrected chi connectivity index (χ4v) is 4.51. The van der Waals surface area contributed by atoms with Gasteiger partial charge in [-0.2, -0.15) is 0 Å². The van der Waals surface area contributed by atoms with Crippen LogP contribution in [-0.2, 0) is 16.1 Å². The van der Waals surface area contributed by atoms with Crippen LogP contribution in [0.4, 0.5) is 5.69 Å². The highest BCUT2D eigenvalue weighted by molar-refractivity contribution is 7.09. The highest BCUT2D eigenvalue weighted by Crippen LogP contribution is 2.29. The van der Waals surface area contributed by atoms with Crippen molar-refractivity contribution in [2.75, 3.05) is 18.0 Å². The van der Waals surface area contributed by atoms with E-state index in [1.165, 1.54) is 0 Å². The van der Waals surface area contributed by atoms with Gasteiger partial charge in [-0.1, -0.05) is 42.5 Å². The Balaban J connectivity index is 1.61. The van der Waals surface area contributed by atoms with Crippen LogP contribution in [0.2, 0.25) is 0 Å². The molecule has 5 nitrogen and oxygen atoms in total. The quantitative estimate of drug-likeness (QED) is 0.607. The van der Waals surface area contributed by atoms with Crippen molar-refractivity contribution in [2.45, 2.75) is 26.3 Å². The van der Waals surface area contributed by atoms with Gasteiger partial charge in [-0.25, -0.2) is 4.98 Å². The minimum absolute atomic E-state index is 0.0797. The van der Waals surface area contributed by atoms with Gasteiger partial charge < -0.3 is 9.80 Å². The molecule has 0 saturated carbocycles. The Morgan fingerprint density at radius 2 is 1.80 bits per heavy atom. The number of thiazole rings is 1. The molecule has 1 aliphatic rings. The van der Waals surface area contributed by atoms with Crippen molar-refractivity contribution in [3.8, 4) is 11.1 Å². The predicted molar refractivity (Wildman–Crippen MR) is 120 cm³/mol. The second-order valence-electron chi connectivity index (χ2n) is 7.55. The molecule has 0 radical (unpaired) electrons. The summed E-state index contributed by atoms with van der Waals surface area (Å²) in [5.74, 6) is 0.107. The smallest absolute Gasteiger partial charge is 0.230 e. The van der Waals surface area contributed by atoms with Gasteiger partial charge in [-0.3, -0.25) is 9.59 Å². The Labute approximate surface area is 181 Å². The largest absolute Gasteiger partial charge is 0.343 e. The summed E-state index contributed by atoms with van der Waals surface area (Å²) >= 11 is 1.56. The predicted octanol–water partition coefficient (Wildman–Crippen LogP) is 4.60. The molecule has 0 N–H and O–H groups in total. The molecule has 2 aromatic carbocycles. The number of piperidine rings is 1. The summed E-state index contributed by atoms with van der Waals surface area (Å²) in [5, 5.41) is 2.85. The molecule has 0 bridgehead atoms. The van der Waals surface area contributed by atoms with Crippen molar-refractivity contribution in [3.63, 3.8) is 0 Å². The van der Waals surface area contributed by atoms with Gasteiger partial charge in [-0.05, 0) is 36.1 Å². The van der Waals surface area contributed by atoms with Crippen LogP contribution >= 0.6 is 11.3 Å². The van der Waals surface area contributed by atoms with Gasteiger partial charge >= 0.3 is 0 Å². The number of amides is 2. The van der Waals surface area contributed by atoms with Crippen LogP contribution in [0.5, 0.6) is 0 Å². The molecular formula is C24H25N3O2S. The maximum atomic E-state index is 13.5. The highest BCUT2D eigenvalue weighted by Gasteiger charge is 2.30. The molecule has 6 heteroatoms. The number of carbonyl (C=O) groups excluding carboxylic acids is 2. The molecule has 154 valence electrons. The second-order valence-corrected chi connectivity index (χ2v) is 8.53. The lowest BCUT2D eigenvalue weighted by Crippen LogP contribution is -2.43. The Morgan fingerprint density at radius 3 is 2.47 bits per heavy atom. The molecular weight excluding hydrogens is 394 g/mol. The Morgan fingerprint density at radius 1 is 1.07 bits per heavy atom. The van der Waals surface area contributed by atoms with Gasteiger partial charge in [0, 0.05) is 43.2 Å². The first kappa shape index (κ1) is 20.3. The van der Waals surface area contributed by atoms with Crippen LogP contribution in [0.1, 0.15) is 24.8 Å². The number of rotatable bonds is 5. The van der Waals surface area contributed by atoms with Crippen LogP contribution in [-0.4, -0.2) is 34.8 Å². The molecule has 0 atom stereocenters. The monoisotopic (exact) mass is 419 g/mol. The number of benzene rings is 2. The van der Waals surface area contributed by atoms with Gasteiger partial charge in [0.05, 0.1) is 6.54 Å². The summed E-state index contributed by atoms with van der Waals surface area (Å²) in [6.45, 7) is 3.33. The summed E-state index contributed by atoms with van der Waals surface area (Å²) in [6, 6.07) is 18.3. The van der Waals surface area contributed by atoms with Crippen LogP contribution in [0.25, 0.3) is 11.1 Å². The summed E-state index contributed by atoms with van der Waals surface area (Å²) in [5.41, 5.74) is 3.08. The number of anilines is 1. The van der Waals surface area contributed by atoms with Crippen molar-refractivity contribution >= 4 is 28.8 Å². The summed E-state index contributed by atoms with van der Waals surface area (Å²) < 4.78 is 0. The molecule has 0 spiro atoms. The number of hydrogen-bond acceptors (Lipinski definition) is 4. The maximum absolute atomic E-state index is 13.5. The van der Waals surface area contributed by atoms with Crippen molar-refractivity contribution in [2.24, 2.45) is 5.92 Å². The third kappa shape index (κ3) is 4.60. The molecule has 3 aromatic rings. The van der Waals surface area contributed by atoms with E-state index in [9.17, 15) is 9.59 Å². The first-order valence-electron chi connectivity index (χ1n) is 10.2. The molecule has 1 saturated heterocycles. The summed E-state index contributed by atoms with van der Waals surface area (Å²) in [7, 11) is 0. The lowest BCUT2D eigenvalue weighted by Gasteiger charge is -2.33. The number of hydrogen-bond donors (Lipinski definition) is 0. The Bertz CT molecular complexity index is 996. The van der Waals surface area contributed by atoms with E-state index >= 15 is 0 Å². The molecule has 1 aliphatic heterocycles. The fourth-order valence-electron chi connectivity index (χ4n) is 3.91. The minimum atomic E-state index is -0.0825. The zero-order chi connectivity index (χ0) is 20.9. The average molecular weight is 420 g/mol. The zero-order valence-electron chi connectivity index (χ0n) is 17.0. The van der Waals surface area contributed by atoms with E-state index in [1.54, 1.807) is 24.5 Å². The molecule has 30 heavy (non-hydrogen) atoms. The van der Waals surface area contributed by atoms with Gasteiger partial charge in [-0.15, -0.1) is 11.3 Å². The van der Waals surface area contributed by atoms with Crippen molar-refractivity contribution in [1.82, 2.24) is 9.88 Å². The topological polar surface area (TPSA) is 53.5 Å². The molecule has 0 aliphatic carbocycles. The highest BCUT2D eigenvalue weighted by atomic mass is 32.1. The first-order chi connectivity index (χ1) is 14.6. The molecule has 0 unspecified atom stereocenters. The van der Waals surface area contributed by atoms with Crippen LogP contribution in [0, 0.1) is 5.92 Å². The fraction of sp³-hybridized carbons (Fsp3) is 0.292. The first-order valence-corrected chi connectivity index (χ1v) is 11.1. The van der Waals surface area contributed by atoms with E-state index in [0.717, 1.165) is 21.8 Å². The van der Waals surface area contributed by atoms with E-state index in [1.807, 2.05) is 45.5 Å². The van der Waals surface area contributed by atoms with Crippen molar-refractivity contribution in [3.05, 3.63) is 71.2 Å². The van der Waals surface area contributed by atoms with E-state index < -0.39 is 0 Å². The molecule has 2 amide bonds. The third-order valence-electron chi connectivity index (χ3n) is 5.60. The standard InChI is InChI=1S/C24H25N3O2S/c1-18(28)26-13-10-20(11-14-26)24(29)27(17-23-25-12-15-30-23)22-9-5-8-21(16-22)19-6-3-2-4-7-19/h2-9,12,15-16,20H,10-11,13-14,17H2,1H3. The zero-order valence-corrected chi connectivity index (χ0v) is 17.8. The maximum Gasteiger partial charge on any atom is 0.230 e.